The molecule has 0 fully saturated rings. The molecule has 0 saturated carbocycles. The second-order valence-corrected chi connectivity index (χ2v) is 6.39. The minimum absolute atomic E-state index is 0.161. The molecule has 7 heteroatoms. The highest BCUT2D eigenvalue weighted by molar-refractivity contribution is 7.07. The fourth-order valence-electron chi connectivity index (χ4n) is 2.31. The van der Waals surface area contributed by atoms with Crippen molar-refractivity contribution in [1.29, 1.82) is 0 Å². The van der Waals surface area contributed by atoms with E-state index in [2.05, 4.69) is 15.6 Å². The van der Waals surface area contributed by atoms with Crippen LogP contribution in [0.15, 0.2) is 65.5 Å². The molecule has 3 rings (SSSR count). The van der Waals surface area contributed by atoms with E-state index >= 15 is 0 Å². The highest BCUT2D eigenvalue weighted by Crippen LogP contribution is 2.14. The molecular weight excluding hydrogens is 362 g/mol. The van der Waals surface area contributed by atoms with E-state index in [0.29, 0.717) is 36.6 Å². The van der Waals surface area contributed by atoms with Crippen molar-refractivity contribution >= 4 is 23.2 Å². The average Bonchev–Trinajstić information content (AvgIpc) is 3.24. The van der Waals surface area contributed by atoms with Crippen LogP contribution in [0.25, 0.3) is 0 Å². The number of hydrogen-bond acceptors (Lipinski definition) is 5. The highest BCUT2D eigenvalue weighted by Gasteiger charge is 2.07. The van der Waals surface area contributed by atoms with E-state index in [9.17, 15) is 9.59 Å². The first-order chi connectivity index (χ1) is 13.2. The maximum atomic E-state index is 12.1. The number of rotatable bonds is 8. The molecule has 0 unspecified atom stereocenters. The second kappa shape index (κ2) is 9.49. The number of nitrogens with one attached hydrogen (secondary N) is 2. The summed E-state index contributed by atoms with van der Waals surface area (Å²) in [6, 6.07) is 15.9. The topological polar surface area (TPSA) is 80.3 Å². The van der Waals surface area contributed by atoms with Crippen molar-refractivity contribution in [2.75, 3.05) is 13.1 Å². The molecule has 0 atom stereocenters. The lowest BCUT2D eigenvalue weighted by Crippen LogP contribution is -2.34. The van der Waals surface area contributed by atoms with Gasteiger partial charge in [0.1, 0.15) is 12.4 Å². The van der Waals surface area contributed by atoms with Crippen molar-refractivity contribution in [3.05, 3.63) is 82.3 Å². The van der Waals surface area contributed by atoms with Gasteiger partial charge in [0.25, 0.3) is 11.8 Å². The lowest BCUT2D eigenvalue weighted by atomic mass is 10.2. The Hall–Kier alpha value is -3.19. The zero-order chi connectivity index (χ0) is 18.9. The van der Waals surface area contributed by atoms with Crippen LogP contribution in [-0.2, 0) is 6.61 Å². The zero-order valence-electron chi connectivity index (χ0n) is 14.6. The summed E-state index contributed by atoms with van der Waals surface area (Å²) in [5.74, 6) is 0.316. The van der Waals surface area contributed by atoms with Crippen LogP contribution >= 0.6 is 11.3 Å². The molecule has 27 heavy (non-hydrogen) atoms. The van der Waals surface area contributed by atoms with Gasteiger partial charge in [-0.2, -0.15) is 0 Å². The van der Waals surface area contributed by atoms with E-state index in [0.717, 1.165) is 5.69 Å². The Labute approximate surface area is 161 Å². The highest BCUT2D eigenvalue weighted by atomic mass is 32.1. The van der Waals surface area contributed by atoms with Gasteiger partial charge >= 0.3 is 0 Å². The van der Waals surface area contributed by atoms with Crippen molar-refractivity contribution in [2.45, 2.75) is 6.61 Å². The van der Waals surface area contributed by atoms with Crippen LogP contribution in [-0.4, -0.2) is 29.9 Å². The van der Waals surface area contributed by atoms with E-state index in [1.54, 1.807) is 54.0 Å². The van der Waals surface area contributed by atoms with Gasteiger partial charge in [-0.1, -0.05) is 18.2 Å². The summed E-state index contributed by atoms with van der Waals surface area (Å²) in [7, 11) is 0. The Morgan fingerprint density at radius 2 is 1.52 bits per heavy atom. The summed E-state index contributed by atoms with van der Waals surface area (Å²) < 4.78 is 5.62. The third-order valence-corrected chi connectivity index (χ3v) is 4.35. The molecule has 0 aliphatic rings. The standard InChI is InChI=1S/C20H19N3O3S/c24-19(15-4-2-1-3-5-15)21-10-11-22-20(25)16-6-8-18(9-7-16)26-12-17-13-27-14-23-17/h1-9,13-14H,10-12H2,(H,21,24)(H,22,25). The van der Waals surface area contributed by atoms with Crippen LogP contribution in [0.4, 0.5) is 0 Å². The number of hydrogen-bond donors (Lipinski definition) is 2. The van der Waals surface area contributed by atoms with Crippen molar-refractivity contribution in [3.8, 4) is 5.75 Å². The van der Waals surface area contributed by atoms with Gasteiger partial charge in [0.15, 0.2) is 0 Å². The molecule has 0 bridgehead atoms. The summed E-state index contributed by atoms with van der Waals surface area (Å²) in [6.07, 6.45) is 0. The molecule has 3 aromatic rings. The first-order valence-corrected chi connectivity index (χ1v) is 9.38. The smallest absolute Gasteiger partial charge is 0.251 e. The van der Waals surface area contributed by atoms with E-state index in [4.69, 9.17) is 4.74 Å². The summed E-state index contributed by atoms with van der Waals surface area (Å²) in [5, 5.41) is 7.47. The monoisotopic (exact) mass is 381 g/mol. The SMILES string of the molecule is O=C(NCCNC(=O)c1ccc(OCc2cscn2)cc1)c1ccccc1. The summed E-state index contributed by atoms with van der Waals surface area (Å²) in [5.41, 5.74) is 3.76. The predicted molar refractivity (Wildman–Crippen MR) is 104 cm³/mol. The summed E-state index contributed by atoms with van der Waals surface area (Å²) in [4.78, 5) is 28.2. The zero-order valence-corrected chi connectivity index (χ0v) is 15.4. The number of carbonyl (C=O) groups is 2. The number of nitrogens with zero attached hydrogens (tertiary/aromatic N) is 1. The molecule has 2 N–H and O–H groups in total. The lowest BCUT2D eigenvalue weighted by molar-refractivity contribution is 0.0927. The van der Waals surface area contributed by atoms with Crippen LogP contribution in [0.3, 0.4) is 0 Å². The first-order valence-electron chi connectivity index (χ1n) is 8.44. The van der Waals surface area contributed by atoms with Crippen LogP contribution < -0.4 is 15.4 Å². The lowest BCUT2D eigenvalue weighted by Gasteiger charge is -2.08. The van der Waals surface area contributed by atoms with Gasteiger partial charge < -0.3 is 15.4 Å². The van der Waals surface area contributed by atoms with E-state index < -0.39 is 0 Å². The minimum atomic E-state index is -0.199. The maximum Gasteiger partial charge on any atom is 0.251 e. The van der Waals surface area contributed by atoms with Crippen molar-refractivity contribution in [2.24, 2.45) is 0 Å². The van der Waals surface area contributed by atoms with Gasteiger partial charge in [0.2, 0.25) is 0 Å². The Morgan fingerprint density at radius 3 is 2.11 bits per heavy atom. The molecular formula is C20H19N3O3S. The van der Waals surface area contributed by atoms with Gasteiger partial charge in [-0.05, 0) is 36.4 Å². The molecule has 0 radical (unpaired) electrons. The van der Waals surface area contributed by atoms with Gasteiger partial charge in [-0.15, -0.1) is 11.3 Å². The van der Waals surface area contributed by atoms with Crippen LogP contribution in [0.2, 0.25) is 0 Å². The van der Waals surface area contributed by atoms with E-state index in [-0.39, 0.29) is 11.8 Å². The van der Waals surface area contributed by atoms with E-state index in [1.165, 1.54) is 11.3 Å². The number of benzene rings is 2. The van der Waals surface area contributed by atoms with Crippen molar-refractivity contribution < 1.29 is 14.3 Å². The molecule has 0 aliphatic heterocycles. The van der Waals surface area contributed by atoms with Crippen LogP contribution in [0.5, 0.6) is 5.75 Å². The third kappa shape index (κ3) is 5.65. The summed E-state index contributed by atoms with van der Waals surface area (Å²) in [6.45, 7) is 1.10. The number of thiazole rings is 1. The molecule has 138 valence electrons. The quantitative estimate of drug-likeness (QED) is 0.588. The predicted octanol–water partition coefficient (Wildman–Crippen LogP) is 2.88. The normalized spacial score (nSPS) is 10.2. The molecule has 0 saturated heterocycles. The maximum absolute atomic E-state index is 12.1. The third-order valence-electron chi connectivity index (χ3n) is 3.72. The largest absolute Gasteiger partial charge is 0.487 e. The number of carbonyl (C=O) groups excluding carboxylic acids is 2. The molecule has 6 nitrogen and oxygen atoms in total. The fraction of sp³-hybridized carbons (Fsp3) is 0.150. The van der Waals surface area contributed by atoms with Crippen molar-refractivity contribution in [1.82, 2.24) is 15.6 Å². The van der Waals surface area contributed by atoms with Crippen molar-refractivity contribution in [3.63, 3.8) is 0 Å². The Balaban J connectivity index is 1.39. The molecule has 2 amide bonds. The fourth-order valence-corrected chi connectivity index (χ4v) is 2.86. The van der Waals surface area contributed by atoms with Gasteiger partial charge in [0.05, 0.1) is 11.2 Å². The van der Waals surface area contributed by atoms with Gasteiger partial charge in [-0.3, -0.25) is 9.59 Å². The average molecular weight is 381 g/mol. The molecule has 0 spiro atoms. The van der Waals surface area contributed by atoms with Gasteiger partial charge in [-0.25, -0.2) is 4.98 Å². The molecule has 1 aromatic heterocycles. The number of ether oxygens (including phenoxy) is 1. The van der Waals surface area contributed by atoms with E-state index in [1.807, 2.05) is 11.4 Å². The number of aromatic nitrogens is 1. The Bertz CT molecular complexity index is 865. The van der Waals surface area contributed by atoms with Crippen LogP contribution in [0.1, 0.15) is 26.4 Å². The van der Waals surface area contributed by atoms with Crippen LogP contribution in [0, 0.1) is 0 Å². The van der Waals surface area contributed by atoms with Gasteiger partial charge in [0, 0.05) is 29.6 Å². The molecule has 1 heterocycles. The number of amides is 2. The first kappa shape index (κ1) is 18.6. The Morgan fingerprint density at radius 1 is 0.889 bits per heavy atom. The molecule has 2 aromatic carbocycles. The molecule has 0 aliphatic carbocycles. The minimum Gasteiger partial charge on any atom is -0.487 e. The summed E-state index contributed by atoms with van der Waals surface area (Å²) >= 11 is 1.52. The Kier molecular flexibility index (Phi) is 6.54. The second-order valence-electron chi connectivity index (χ2n) is 5.67.